The first-order valence-electron chi connectivity index (χ1n) is 10.3. The Hall–Kier alpha value is -2.86. The summed E-state index contributed by atoms with van der Waals surface area (Å²) in [6.45, 7) is 6.06. The maximum Gasteiger partial charge on any atom is 0.192 e. The third-order valence-electron chi connectivity index (χ3n) is 5.85. The summed E-state index contributed by atoms with van der Waals surface area (Å²) < 4.78 is 2.23. The Morgan fingerprint density at radius 2 is 1.93 bits per heavy atom. The van der Waals surface area contributed by atoms with E-state index in [1.165, 1.54) is 17.3 Å². The van der Waals surface area contributed by atoms with Crippen LogP contribution >= 0.6 is 11.8 Å². The van der Waals surface area contributed by atoms with Gasteiger partial charge in [-0.3, -0.25) is 9.36 Å². The van der Waals surface area contributed by atoms with Crippen LogP contribution in [0.2, 0.25) is 0 Å². The van der Waals surface area contributed by atoms with Gasteiger partial charge < -0.3 is 4.98 Å². The molecule has 30 heavy (non-hydrogen) atoms. The van der Waals surface area contributed by atoms with Crippen LogP contribution in [0.15, 0.2) is 53.8 Å². The van der Waals surface area contributed by atoms with E-state index in [4.69, 9.17) is 0 Å². The number of rotatable bonds is 6. The van der Waals surface area contributed by atoms with Gasteiger partial charge in [-0.05, 0) is 56.9 Å². The number of H-pyrrole nitrogens is 1. The number of hydrogen-bond acceptors (Lipinski definition) is 4. The Balaban J connectivity index is 1.47. The number of benzene rings is 2. The van der Waals surface area contributed by atoms with Crippen LogP contribution in [0.1, 0.15) is 47.3 Å². The van der Waals surface area contributed by atoms with Crippen molar-refractivity contribution in [2.45, 2.75) is 50.1 Å². The number of aromatic amines is 1. The van der Waals surface area contributed by atoms with E-state index < -0.39 is 0 Å². The molecule has 0 saturated heterocycles. The summed E-state index contributed by atoms with van der Waals surface area (Å²) in [4.78, 5) is 16.4. The molecular weight excluding hydrogens is 392 g/mol. The molecule has 2 heterocycles. The summed E-state index contributed by atoms with van der Waals surface area (Å²) in [7, 11) is 0. The van der Waals surface area contributed by atoms with Gasteiger partial charge in [0.25, 0.3) is 0 Å². The molecule has 0 unspecified atom stereocenters. The molecule has 1 saturated carbocycles. The van der Waals surface area contributed by atoms with Crippen LogP contribution in [0, 0.1) is 13.8 Å². The Labute approximate surface area is 179 Å². The normalized spacial score (nSPS) is 14.9. The monoisotopic (exact) mass is 416 g/mol. The molecule has 4 aromatic rings. The minimum absolute atomic E-state index is 0.127. The van der Waals surface area contributed by atoms with Crippen molar-refractivity contribution in [3.63, 3.8) is 0 Å². The summed E-state index contributed by atoms with van der Waals surface area (Å²) in [6.07, 6.45) is 4.26. The predicted octanol–water partition coefficient (Wildman–Crippen LogP) is 5.74. The zero-order valence-electron chi connectivity index (χ0n) is 17.3. The number of aryl methyl sites for hydroxylation is 2. The van der Waals surface area contributed by atoms with Gasteiger partial charge in [-0.25, -0.2) is 0 Å². The Morgan fingerprint density at radius 3 is 2.70 bits per heavy atom. The fourth-order valence-corrected chi connectivity index (χ4v) is 4.80. The molecule has 0 spiro atoms. The lowest BCUT2D eigenvalue weighted by Crippen LogP contribution is -2.15. The zero-order valence-corrected chi connectivity index (χ0v) is 18.2. The molecule has 1 fully saturated rings. The van der Waals surface area contributed by atoms with Crippen LogP contribution in [-0.2, 0) is 0 Å². The first kappa shape index (κ1) is 19.1. The number of carbonyl (C=O) groups is 1. The highest BCUT2D eigenvalue weighted by molar-refractivity contribution is 8.00. The van der Waals surface area contributed by atoms with Crippen molar-refractivity contribution in [1.82, 2.24) is 19.7 Å². The molecule has 152 valence electrons. The molecule has 0 bridgehead atoms. The molecule has 1 aliphatic rings. The van der Waals surface area contributed by atoms with E-state index in [2.05, 4.69) is 38.8 Å². The highest BCUT2D eigenvalue weighted by atomic mass is 32.2. The topological polar surface area (TPSA) is 63.6 Å². The molecule has 1 N–H and O–H groups in total. The van der Waals surface area contributed by atoms with Crippen LogP contribution in [0.4, 0.5) is 0 Å². The lowest BCUT2D eigenvalue weighted by Gasteiger charge is -2.13. The largest absolute Gasteiger partial charge is 0.360 e. The van der Waals surface area contributed by atoms with Crippen molar-refractivity contribution < 1.29 is 4.79 Å². The van der Waals surface area contributed by atoms with Crippen molar-refractivity contribution in [2.75, 3.05) is 0 Å². The third-order valence-corrected chi connectivity index (χ3v) is 6.91. The number of nitrogens with one attached hydrogen (secondary N) is 1. The van der Waals surface area contributed by atoms with Gasteiger partial charge in [-0.1, -0.05) is 42.1 Å². The van der Waals surface area contributed by atoms with Gasteiger partial charge in [0.1, 0.15) is 0 Å². The van der Waals surface area contributed by atoms with Crippen molar-refractivity contribution in [3.05, 3.63) is 65.4 Å². The maximum absolute atomic E-state index is 13.0. The van der Waals surface area contributed by atoms with E-state index in [1.807, 2.05) is 50.4 Å². The Kier molecular flexibility index (Phi) is 4.74. The second-order valence-electron chi connectivity index (χ2n) is 8.08. The van der Waals surface area contributed by atoms with Crippen LogP contribution in [0.3, 0.4) is 0 Å². The standard InChI is InChI=1S/C24H24N4OS/c1-14-8-9-17(12-15(14)2)22(29)16(3)30-24-27-26-23(28(24)18-10-11-18)20-13-25-21-7-5-4-6-19(20)21/h4-9,12-13,16,18,25H,10-11H2,1-3H3/t16-/m0/s1. The van der Waals surface area contributed by atoms with Gasteiger partial charge in [0.2, 0.25) is 0 Å². The number of hydrogen-bond donors (Lipinski definition) is 1. The average Bonchev–Trinajstić information content (AvgIpc) is 3.37. The second-order valence-corrected chi connectivity index (χ2v) is 9.39. The molecular formula is C24H24N4OS. The van der Waals surface area contributed by atoms with Gasteiger partial charge in [0.15, 0.2) is 16.8 Å². The van der Waals surface area contributed by atoms with Gasteiger partial charge in [-0.2, -0.15) is 0 Å². The number of aromatic nitrogens is 4. The molecule has 1 aliphatic carbocycles. The summed E-state index contributed by atoms with van der Waals surface area (Å²) in [5.74, 6) is 1.00. The summed E-state index contributed by atoms with van der Waals surface area (Å²) >= 11 is 1.50. The smallest absolute Gasteiger partial charge is 0.192 e. The average molecular weight is 417 g/mol. The molecule has 0 amide bonds. The molecule has 2 aromatic heterocycles. The first-order chi connectivity index (χ1) is 14.5. The molecule has 0 radical (unpaired) electrons. The van der Waals surface area contributed by atoms with Gasteiger partial charge in [-0.15, -0.1) is 10.2 Å². The minimum Gasteiger partial charge on any atom is -0.360 e. The van der Waals surface area contributed by atoms with Crippen LogP contribution in [0.25, 0.3) is 22.3 Å². The van der Waals surface area contributed by atoms with Crippen molar-refractivity contribution in [3.8, 4) is 11.4 Å². The molecule has 2 aromatic carbocycles. The fraction of sp³-hybridized carbons (Fsp3) is 0.292. The SMILES string of the molecule is Cc1ccc(C(=O)[C@H](C)Sc2nnc(-c3c[nH]c4ccccc34)n2C2CC2)cc1C. The molecule has 0 aliphatic heterocycles. The lowest BCUT2D eigenvalue weighted by molar-refractivity contribution is 0.0993. The second kappa shape index (κ2) is 7.43. The number of ketones is 1. The number of carbonyl (C=O) groups excluding carboxylic acids is 1. The van der Waals surface area contributed by atoms with Crippen LogP contribution < -0.4 is 0 Å². The summed E-state index contributed by atoms with van der Waals surface area (Å²) in [6, 6.07) is 14.6. The van der Waals surface area contributed by atoms with Crippen molar-refractivity contribution in [1.29, 1.82) is 0 Å². The van der Waals surface area contributed by atoms with Crippen LogP contribution in [0.5, 0.6) is 0 Å². The van der Waals surface area contributed by atoms with Crippen molar-refractivity contribution in [2.24, 2.45) is 0 Å². The molecule has 5 nitrogen and oxygen atoms in total. The maximum atomic E-state index is 13.0. The quantitative estimate of drug-likeness (QED) is 0.321. The zero-order chi connectivity index (χ0) is 20.8. The number of para-hydroxylation sites is 1. The number of fused-ring (bicyclic) bond motifs is 1. The van der Waals surface area contributed by atoms with E-state index in [0.717, 1.165) is 51.4 Å². The summed E-state index contributed by atoms with van der Waals surface area (Å²) in [5, 5.41) is 10.8. The number of thioether (sulfide) groups is 1. The predicted molar refractivity (Wildman–Crippen MR) is 121 cm³/mol. The lowest BCUT2D eigenvalue weighted by atomic mass is 10.0. The molecule has 6 heteroatoms. The van der Waals surface area contributed by atoms with E-state index in [-0.39, 0.29) is 11.0 Å². The van der Waals surface area contributed by atoms with E-state index in [1.54, 1.807) is 0 Å². The highest BCUT2D eigenvalue weighted by Crippen LogP contribution is 2.43. The third kappa shape index (κ3) is 3.35. The van der Waals surface area contributed by atoms with E-state index in [9.17, 15) is 4.79 Å². The highest BCUT2D eigenvalue weighted by Gasteiger charge is 2.32. The molecule has 5 rings (SSSR count). The first-order valence-corrected chi connectivity index (χ1v) is 11.2. The van der Waals surface area contributed by atoms with Crippen molar-refractivity contribution >= 4 is 28.4 Å². The van der Waals surface area contributed by atoms with E-state index in [0.29, 0.717) is 6.04 Å². The Morgan fingerprint density at radius 1 is 1.13 bits per heavy atom. The Bertz CT molecular complexity index is 1250. The van der Waals surface area contributed by atoms with E-state index >= 15 is 0 Å². The number of nitrogens with zero attached hydrogens (tertiary/aromatic N) is 3. The fourth-order valence-electron chi connectivity index (χ4n) is 3.80. The molecule has 1 atom stereocenters. The summed E-state index contributed by atoms with van der Waals surface area (Å²) in [5.41, 5.74) is 5.24. The van der Waals surface area contributed by atoms with Gasteiger partial charge >= 0.3 is 0 Å². The minimum atomic E-state index is -0.232. The van der Waals surface area contributed by atoms with Crippen LogP contribution in [-0.4, -0.2) is 30.8 Å². The van der Waals surface area contributed by atoms with Gasteiger partial charge in [0, 0.05) is 34.3 Å². The van der Waals surface area contributed by atoms with Gasteiger partial charge in [0.05, 0.1) is 5.25 Å². The number of Topliss-reactive ketones (excluding diaryl/α,β-unsaturated/α-hetero) is 1.